The highest BCUT2D eigenvalue weighted by molar-refractivity contribution is 7.47. The van der Waals surface area contributed by atoms with E-state index in [-0.39, 0.29) is 32.1 Å². The second-order valence-electron chi connectivity index (χ2n) is 11.5. The lowest BCUT2D eigenvalue weighted by Crippen LogP contribution is -2.27. The minimum absolute atomic E-state index is 0.0784. The SMILES string of the molecule is CCCCC/C=C\C/C=C\CCCCCCCCCC(=O)NCCOP(=O)(O)OCC(O)COC(=O)CCCCCCCC. The summed E-state index contributed by atoms with van der Waals surface area (Å²) in [5.41, 5.74) is 0. The number of carbonyl (C=O) groups is 2. The summed E-state index contributed by atoms with van der Waals surface area (Å²) < 4.78 is 26.6. The van der Waals surface area contributed by atoms with Gasteiger partial charge in [0.25, 0.3) is 0 Å². The molecule has 0 heterocycles. The van der Waals surface area contributed by atoms with E-state index < -0.39 is 26.5 Å². The monoisotopic (exact) mass is 645 g/mol. The van der Waals surface area contributed by atoms with Gasteiger partial charge in [-0.25, -0.2) is 4.57 Å². The first kappa shape index (κ1) is 42.5. The number of hydrogen-bond acceptors (Lipinski definition) is 7. The van der Waals surface area contributed by atoms with Crippen LogP contribution in [0, 0.1) is 0 Å². The summed E-state index contributed by atoms with van der Waals surface area (Å²) in [4.78, 5) is 33.5. The molecular formula is C34H64NO8P. The zero-order valence-corrected chi connectivity index (χ0v) is 28.7. The van der Waals surface area contributed by atoms with Gasteiger partial charge in [-0.3, -0.25) is 18.6 Å². The maximum absolute atomic E-state index is 12.0. The van der Waals surface area contributed by atoms with Gasteiger partial charge in [-0.1, -0.05) is 115 Å². The number of aliphatic hydroxyl groups is 1. The first-order valence-corrected chi connectivity index (χ1v) is 18.8. The van der Waals surface area contributed by atoms with Crippen LogP contribution in [0.5, 0.6) is 0 Å². The standard InChI is InChI=1S/C34H64NO8P/c1-3-5-7-9-11-12-13-14-15-16-17-18-19-20-21-22-24-26-33(37)35-28-29-42-44(39,40)43-31-32(36)30-41-34(38)27-25-23-10-8-6-4-2/h11-12,14-15,32,36H,3-10,13,16-31H2,1-2H3,(H,35,37)(H,39,40)/b12-11-,15-14-. The van der Waals surface area contributed by atoms with Crippen molar-refractivity contribution in [1.82, 2.24) is 5.32 Å². The summed E-state index contributed by atoms with van der Waals surface area (Å²) in [6.07, 6.45) is 29.9. The predicted octanol–water partition coefficient (Wildman–Crippen LogP) is 8.48. The van der Waals surface area contributed by atoms with Crippen LogP contribution in [0.1, 0.15) is 149 Å². The Morgan fingerprint density at radius 2 is 1.23 bits per heavy atom. The molecule has 258 valence electrons. The third kappa shape index (κ3) is 31.9. The van der Waals surface area contributed by atoms with Crippen molar-refractivity contribution in [2.45, 2.75) is 155 Å². The molecule has 0 saturated carbocycles. The fraction of sp³-hybridized carbons (Fsp3) is 0.824. The van der Waals surface area contributed by atoms with Gasteiger partial charge in [0, 0.05) is 19.4 Å². The van der Waals surface area contributed by atoms with Crippen molar-refractivity contribution >= 4 is 19.7 Å². The Bertz CT molecular complexity index is 789. The molecule has 0 aliphatic heterocycles. The molecule has 0 rings (SSSR count). The Kier molecular flexibility index (Phi) is 30.4. The van der Waals surface area contributed by atoms with Gasteiger partial charge < -0.3 is 20.1 Å². The van der Waals surface area contributed by atoms with Crippen molar-refractivity contribution in [2.75, 3.05) is 26.4 Å². The molecule has 2 atom stereocenters. The van der Waals surface area contributed by atoms with Crippen LogP contribution in [0.2, 0.25) is 0 Å². The van der Waals surface area contributed by atoms with Gasteiger partial charge in [-0.2, -0.15) is 0 Å². The highest BCUT2D eigenvalue weighted by atomic mass is 31.2. The normalized spacial score (nSPS) is 13.8. The number of rotatable bonds is 32. The number of nitrogens with one attached hydrogen (secondary N) is 1. The van der Waals surface area contributed by atoms with Crippen LogP contribution in [0.3, 0.4) is 0 Å². The second-order valence-corrected chi connectivity index (χ2v) is 12.9. The molecule has 0 aliphatic rings. The van der Waals surface area contributed by atoms with E-state index in [2.05, 4.69) is 43.5 Å². The van der Waals surface area contributed by atoms with E-state index in [9.17, 15) is 24.2 Å². The van der Waals surface area contributed by atoms with Crippen molar-refractivity contribution in [3.8, 4) is 0 Å². The van der Waals surface area contributed by atoms with E-state index in [1.165, 1.54) is 64.2 Å². The maximum Gasteiger partial charge on any atom is 0.472 e. The van der Waals surface area contributed by atoms with Gasteiger partial charge in [0.1, 0.15) is 12.7 Å². The van der Waals surface area contributed by atoms with E-state index in [0.29, 0.717) is 6.42 Å². The number of phosphoric acid groups is 1. The molecule has 0 aliphatic carbocycles. The molecule has 44 heavy (non-hydrogen) atoms. The molecule has 2 unspecified atom stereocenters. The number of phosphoric ester groups is 1. The molecule has 0 aromatic carbocycles. The summed E-state index contributed by atoms with van der Waals surface area (Å²) in [5.74, 6) is -0.534. The smallest absolute Gasteiger partial charge is 0.463 e. The third-order valence-corrected chi connectivity index (χ3v) is 8.12. The summed E-state index contributed by atoms with van der Waals surface area (Å²) in [6, 6.07) is 0. The largest absolute Gasteiger partial charge is 0.472 e. The number of allylic oxidation sites excluding steroid dienone is 4. The quantitative estimate of drug-likeness (QED) is 0.0287. The zero-order chi connectivity index (χ0) is 32.6. The average Bonchev–Trinajstić information content (AvgIpc) is 3.00. The van der Waals surface area contributed by atoms with Crippen LogP contribution in [-0.4, -0.2) is 54.3 Å². The number of unbranched alkanes of at least 4 members (excludes halogenated alkanes) is 15. The molecule has 0 aromatic heterocycles. The lowest BCUT2D eigenvalue weighted by atomic mass is 10.1. The molecule has 0 bridgehead atoms. The van der Waals surface area contributed by atoms with Crippen LogP contribution < -0.4 is 5.32 Å². The van der Waals surface area contributed by atoms with E-state index in [0.717, 1.165) is 57.8 Å². The van der Waals surface area contributed by atoms with E-state index in [1.54, 1.807) is 0 Å². The van der Waals surface area contributed by atoms with Gasteiger partial charge >= 0.3 is 13.8 Å². The van der Waals surface area contributed by atoms with Crippen LogP contribution >= 0.6 is 7.82 Å². The third-order valence-electron chi connectivity index (χ3n) is 7.13. The van der Waals surface area contributed by atoms with E-state index >= 15 is 0 Å². The van der Waals surface area contributed by atoms with Crippen molar-refractivity contribution < 1.29 is 37.9 Å². The van der Waals surface area contributed by atoms with Crippen molar-refractivity contribution in [1.29, 1.82) is 0 Å². The molecule has 3 N–H and O–H groups in total. The molecule has 9 nitrogen and oxygen atoms in total. The number of hydrogen-bond donors (Lipinski definition) is 3. The summed E-state index contributed by atoms with van der Waals surface area (Å²) >= 11 is 0. The topological polar surface area (TPSA) is 131 Å². The highest BCUT2D eigenvalue weighted by Gasteiger charge is 2.23. The molecule has 0 aromatic rings. The molecule has 0 radical (unpaired) electrons. The molecular weight excluding hydrogens is 581 g/mol. The number of esters is 1. The van der Waals surface area contributed by atoms with Gasteiger partial charge in [0.05, 0.1) is 13.2 Å². The van der Waals surface area contributed by atoms with Crippen LogP contribution in [0.4, 0.5) is 0 Å². The Hall–Kier alpha value is -1.51. The summed E-state index contributed by atoms with van der Waals surface area (Å²) in [5, 5.41) is 12.5. The Balaban J connectivity index is 3.62. The Morgan fingerprint density at radius 1 is 0.705 bits per heavy atom. The summed E-state index contributed by atoms with van der Waals surface area (Å²) in [7, 11) is -4.40. The predicted molar refractivity (Wildman–Crippen MR) is 178 cm³/mol. The Morgan fingerprint density at radius 3 is 1.86 bits per heavy atom. The zero-order valence-electron chi connectivity index (χ0n) is 27.9. The molecule has 10 heteroatoms. The van der Waals surface area contributed by atoms with E-state index in [1.807, 2.05) is 0 Å². The van der Waals surface area contributed by atoms with Gasteiger partial charge in [0.15, 0.2) is 0 Å². The van der Waals surface area contributed by atoms with Crippen LogP contribution in [0.15, 0.2) is 24.3 Å². The number of carbonyl (C=O) groups excluding carboxylic acids is 2. The van der Waals surface area contributed by atoms with Crippen molar-refractivity contribution in [3.63, 3.8) is 0 Å². The number of ether oxygens (including phenoxy) is 1. The maximum atomic E-state index is 12.0. The Labute approximate surface area is 268 Å². The van der Waals surface area contributed by atoms with E-state index in [4.69, 9.17) is 13.8 Å². The lowest BCUT2D eigenvalue weighted by Gasteiger charge is -2.15. The van der Waals surface area contributed by atoms with Crippen LogP contribution in [-0.2, 0) is 27.9 Å². The molecule has 1 amide bonds. The fourth-order valence-corrected chi connectivity index (χ4v) is 5.22. The number of amides is 1. The van der Waals surface area contributed by atoms with Crippen molar-refractivity contribution in [3.05, 3.63) is 24.3 Å². The fourth-order valence-electron chi connectivity index (χ4n) is 4.47. The molecule has 0 fully saturated rings. The first-order valence-electron chi connectivity index (χ1n) is 17.3. The second kappa shape index (κ2) is 31.5. The molecule has 0 saturated heterocycles. The van der Waals surface area contributed by atoms with Gasteiger partial charge in [-0.15, -0.1) is 0 Å². The minimum Gasteiger partial charge on any atom is -0.463 e. The van der Waals surface area contributed by atoms with Crippen molar-refractivity contribution in [2.24, 2.45) is 0 Å². The summed E-state index contributed by atoms with van der Waals surface area (Å²) in [6.45, 7) is 3.42. The van der Waals surface area contributed by atoms with Crippen LogP contribution in [0.25, 0.3) is 0 Å². The lowest BCUT2D eigenvalue weighted by molar-refractivity contribution is -0.147. The van der Waals surface area contributed by atoms with Gasteiger partial charge in [-0.05, 0) is 44.9 Å². The molecule has 0 spiro atoms. The highest BCUT2D eigenvalue weighted by Crippen LogP contribution is 2.42. The first-order chi connectivity index (χ1) is 21.3. The number of aliphatic hydroxyl groups excluding tert-OH is 1. The average molecular weight is 646 g/mol. The van der Waals surface area contributed by atoms with Gasteiger partial charge in [0.2, 0.25) is 5.91 Å². The minimum atomic E-state index is -4.40.